The maximum atomic E-state index is 13.1. The number of anilines is 1. The number of amides is 3. The van der Waals surface area contributed by atoms with Gasteiger partial charge in [0.2, 0.25) is 17.6 Å². The number of hydrogen-bond donors (Lipinski definition) is 3. The highest BCUT2D eigenvalue weighted by Gasteiger charge is 2.27. The van der Waals surface area contributed by atoms with Crippen LogP contribution in [0.15, 0.2) is 48.5 Å². The lowest BCUT2D eigenvalue weighted by atomic mass is 10.0. The fraction of sp³-hybridized carbons (Fsp3) is 0.640. The van der Waals surface area contributed by atoms with E-state index in [1.54, 1.807) is 76.4 Å². The van der Waals surface area contributed by atoms with E-state index >= 15 is 0 Å². The summed E-state index contributed by atoms with van der Waals surface area (Å²) < 4.78 is 70.7. The average molecular weight is 1030 g/mol. The van der Waals surface area contributed by atoms with Gasteiger partial charge in [0.05, 0.1) is 159 Å². The summed E-state index contributed by atoms with van der Waals surface area (Å²) in [7, 11) is 1.64. The smallest absolute Gasteiger partial charge is 0.251 e. The van der Waals surface area contributed by atoms with Crippen molar-refractivity contribution in [1.29, 1.82) is 0 Å². The predicted molar refractivity (Wildman–Crippen MR) is 267 cm³/mol. The van der Waals surface area contributed by atoms with Crippen LogP contribution in [0.3, 0.4) is 0 Å². The molecule has 73 heavy (non-hydrogen) atoms. The van der Waals surface area contributed by atoms with Crippen molar-refractivity contribution in [2.45, 2.75) is 39.5 Å². The Morgan fingerprint density at radius 2 is 0.836 bits per heavy atom. The van der Waals surface area contributed by atoms with Crippen LogP contribution in [0.1, 0.15) is 42.5 Å². The SMILES string of the molecule is [CH2]c1ccc(NC(=O)[C@H](C)NC(=O)[C@@H](NC(=O)c2ccc(-c3nnc(COCCOCCOCCOCCOCCOCCOCCOCCOCCOCCOCCOCCOC)nn3)cc2)C(C)C)cc1. The molecule has 2 atom stereocenters. The molecule has 0 saturated heterocycles. The maximum Gasteiger partial charge on any atom is 0.251 e. The number of aromatic nitrogens is 4. The molecular weight excluding hydrogens is 955 g/mol. The zero-order chi connectivity index (χ0) is 52.4. The molecule has 0 aliphatic heterocycles. The first-order valence-corrected chi connectivity index (χ1v) is 24.6. The summed E-state index contributed by atoms with van der Waals surface area (Å²) in [6.45, 7) is 20.5. The highest BCUT2D eigenvalue weighted by molar-refractivity contribution is 6.00. The second-order valence-corrected chi connectivity index (χ2v) is 16.1. The van der Waals surface area contributed by atoms with E-state index in [0.29, 0.717) is 181 Å². The van der Waals surface area contributed by atoms with Crippen molar-refractivity contribution < 1.29 is 76.0 Å². The normalized spacial score (nSPS) is 12.2. The van der Waals surface area contributed by atoms with E-state index < -0.39 is 29.8 Å². The number of benzene rings is 2. The van der Waals surface area contributed by atoms with Crippen molar-refractivity contribution in [3.63, 3.8) is 0 Å². The third-order valence-electron chi connectivity index (χ3n) is 9.89. The van der Waals surface area contributed by atoms with E-state index in [9.17, 15) is 14.4 Å². The molecule has 0 spiro atoms. The molecule has 0 bridgehead atoms. The van der Waals surface area contributed by atoms with E-state index in [-0.39, 0.29) is 18.3 Å². The standard InChI is InChI=1S/C50H78N7O16/c1-39(2)46(50(60)51-41(4)48(58)52-44-12-6-40(3)7-13-44)53-49(59)43-10-8-42(9-11-43)47-56-54-45(55-57-47)38-73-37-36-72-35-34-71-33-32-70-31-30-69-29-28-68-27-26-67-25-24-66-23-22-65-21-20-64-19-18-63-17-16-62-15-14-61-5/h6-13,39,41,46H,3,14-38H2,1-2,4-5H3,(H,51,60)(H,52,58)(H,53,59)/t41-,46-/m0/s1. The lowest BCUT2D eigenvalue weighted by molar-refractivity contribution is -0.128. The Kier molecular flexibility index (Phi) is 35.7. The van der Waals surface area contributed by atoms with Gasteiger partial charge in [0.15, 0.2) is 5.82 Å². The molecule has 3 amide bonds. The van der Waals surface area contributed by atoms with Crippen LogP contribution in [-0.2, 0) is 77.8 Å². The summed E-state index contributed by atoms with van der Waals surface area (Å²) in [6, 6.07) is 11.8. The minimum Gasteiger partial charge on any atom is -0.382 e. The topological polar surface area (TPSA) is 259 Å². The Morgan fingerprint density at radius 3 is 1.21 bits per heavy atom. The van der Waals surface area contributed by atoms with Crippen molar-refractivity contribution in [2.24, 2.45) is 5.92 Å². The maximum absolute atomic E-state index is 13.1. The zero-order valence-corrected chi connectivity index (χ0v) is 43.1. The molecule has 0 unspecified atom stereocenters. The van der Waals surface area contributed by atoms with Crippen molar-refractivity contribution in [2.75, 3.05) is 171 Å². The number of carbonyl (C=O) groups excluding carboxylic acids is 3. The highest BCUT2D eigenvalue weighted by atomic mass is 16.6. The van der Waals surface area contributed by atoms with Crippen LogP contribution in [0, 0.1) is 12.8 Å². The first-order chi connectivity index (χ1) is 35.7. The van der Waals surface area contributed by atoms with E-state index in [1.165, 1.54) is 0 Å². The fourth-order valence-electron chi connectivity index (χ4n) is 5.89. The average Bonchev–Trinajstić information content (AvgIpc) is 3.39. The van der Waals surface area contributed by atoms with Crippen molar-refractivity contribution >= 4 is 23.4 Å². The van der Waals surface area contributed by atoms with Gasteiger partial charge in [-0.15, -0.1) is 20.4 Å². The summed E-state index contributed by atoms with van der Waals surface area (Å²) in [5, 5.41) is 24.7. The Labute approximate surface area is 429 Å². The zero-order valence-electron chi connectivity index (χ0n) is 43.1. The van der Waals surface area contributed by atoms with Crippen LogP contribution in [0.25, 0.3) is 11.4 Å². The molecule has 1 radical (unpaired) electrons. The van der Waals surface area contributed by atoms with E-state index in [4.69, 9.17) is 61.6 Å². The van der Waals surface area contributed by atoms with Crippen LogP contribution in [0.2, 0.25) is 0 Å². The van der Waals surface area contributed by atoms with Gasteiger partial charge in [-0.25, -0.2) is 0 Å². The van der Waals surface area contributed by atoms with Gasteiger partial charge in [-0.2, -0.15) is 0 Å². The summed E-state index contributed by atoms with van der Waals surface area (Å²) in [4.78, 5) is 38.9. The fourth-order valence-corrected chi connectivity index (χ4v) is 5.89. The van der Waals surface area contributed by atoms with E-state index in [2.05, 4.69) is 43.3 Å². The molecule has 2 aromatic carbocycles. The van der Waals surface area contributed by atoms with Gasteiger partial charge in [0.1, 0.15) is 18.7 Å². The monoisotopic (exact) mass is 1030 g/mol. The minimum absolute atomic E-state index is 0.0977. The molecule has 0 fully saturated rings. The molecule has 1 heterocycles. The third-order valence-corrected chi connectivity index (χ3v) is 9.89. The molecule has 0 saturated carbocycles. The number of rotatable bonds is 46. The van der Waals surface area contributed by atoms with Crippen LogP contribution in [0.5, 0.6) is 0 Å². The Balaban J connectivity index is 1.07. The van der Waals surface area contributed by atoms with Gasteiger partial charge in [-0.3, -0.25) is 14.4 Å². The lowest BCUT2D eigenvalue weighted by Gasteiger charge is -2.24. The second-order valence-electron chi connectivity index (χ2n) is 16.1. The largest absolute Gasteiger partial charge is 0.382 e. The molecule has 23 heteroatoms. The summed E-state index contributed by atoms with van der Waals surface area (Å²) in [6.07, 6.45) is 0. The molecular formula is C50H78N7O16. The van der Waals surface area contributed by atoms with Gasteiger partial charge in [0, 0.05) is 23.9 Å². The highest BCUT2D eigenvalue weighted by Crippen LogP contribution is 2.15. The molecule has 3 rings (SSSR count). The molecule has 3 aromatic rings. The van der Waals surface area contributed by atoms with Gasteiger partial charge >= 0.3 is 0 Å². The molecule has 0 aliphatic rings. The number of nitrogens with one attached hydrogen (secondary N) is 3. The van der Waals surface area contributed by atoms with Crippen LogP contribution in [-0.4, -0.2) is 216 Å². The van der Waals surface area contributed by atoms with Gasteiger partial charge in [0.25, 0.3) is 5.91 Å². The number of nitrogens with zero attached hydrogens (tertiary/aromatic N) is 4. The van der Waals surface area contributed by atoms with Crippen LogP contribution < -0.4 is 16.0 Å². The first kappa shape index (κ1) is 62.6. The number of carbonyl (C=O) groups is 3. The van der Waals surface area contributed by atoms with E-state index in [1.807, 2.05) is 0 Å². The van der Waals surface area contributed by atoms with Crippen molar-refractivity contribution in [3.05, 3.63) is 72.4 Å². The van der Waals surface area contributed by atoms with Gasteiger partial charge in [-0.1, -0.05) is 38.1 Å². The lowest BCUT2D eigenvalue weighted by Crippen LogP contribution is -2.53. The quantitative estimate of drug-likeness (QED) is 0.0686. The predicted octanol–water partition coefficient (Wildman–Crippen LogP) is 2.36. The number of ether oxygens (including phenoxy) is 13. The van der Waals surface area contributed by atoms with Crippen molar-refractivity contribution in [3.8, 4) is 11.4 Å². The Hall–Kier alpha value is -4.73. The summed E-state index contributed by atoms with van der Waals surface area (Å²) in [5.74, 6) is -1.03. The number of hydrogen-bond acceptors (Lipinski definition) is 20. The molecule has 3 N–H and O–H groups in total. The van der Waals surface area contributed by atoms with Crippen LogP contribution in [0.4, 0.5) is 5.69 Å². The summed E-state index contributed by atoms with van der Waals surface area (Å²) in [5.41, 5.74) is 2.30. The van der Waals surface area contributed by atoms with Gasteiger partial charge in [-0.05, 0) is 49.6 Å². The summed E-state index contributed by atoms with van der Waals surface area (Å²) >= 11 is 0. The van der Waals surface area contributed by atoms with E-state index in [0.717, 1.165) is 5.56 Å². The van der Waals surface area contributed by atoms with Crippen molar-refractivity contribution in [1.82, 2.24) is 31.0 Å². The first-order valence-electron chi connectivity index (χ1n) is 24.6. The second kappa shape index (κ2) is 41.6. The molecule has 0 aliphatic carbocycles. The van der Waals surface area contributed by atoms with Gasteiger partial charge < -0.3 is 77.5 Å². The third kappa shape index (κ3) is 30.9. The minimum atomic E-state index is -0.888. The number of methoxy groups -OCH3 is 1. The molecule has 1 aromatic heterocycles. The Bertz CT molecular complexity index is 1850. The molecule has 409 valence electrons. The Morgan fingerprint density at radius 1 is 0.466 bits per heavy atom. The molecule has 23 nitrogen and oxygen atoms in total. The van der Waals surface area contributed by atoms with Crippen LogP contribution >= 0.6 is 0 Å².